The third-order valence-corrected chi connectivity index (χ3v) is 3.43. The first kappa shape index (κ1) is 21.5. The van der Waals surface area contributed by atoms with Crippen LogP contribution in [-0.2, 0) is 4.79 Å². The molecule has 26 heavy (non-hydrogen) atoms. The van der Waals surface area contributed by atoms with E-state index in [4.69, 9.17) is 0 Å². The fourth-order valence-electron chi connectivity index (χ4n) is 2.26. The van der Waals surface area contributed by atoms with Gasteiger partial charge in [-0.25, -0.2) is 4.98 Å². The van der Waals surface area contributed by atoms with Crippen molar-refractivity contribution in [3.8, 4) is 0 Å². The smallest absolute Gasteiger partial charge is 0.225 e. The van der Waals surface area contributed by atoms with Crippen LogP contribution < -0.4 is 5.32 Å². The zero-order chi connectivity index (χ0) is 19.5. The lowest BCUT2D eigenvalue weighted by molar-refractivity contribution is -0.116. The van der Waals surface area contributed by atoms with Crippen LogP contribution in [0.25, 0.3) is 0 Å². The molecule has 2 aromatic rings. The van der Waals surface area contributed by atoms with E-state index in [1.165, 1.54) is 0 Å². The van der Waals surface area contributed by atoms with E-state index >= 15 is 0 Å². The average molecular weight is 355 g/mol. The Morgan fingerprint density at radius 3 is 2.12 bits per heavy atom. The molecule has 2 rings (SSSR count). The normalized spacial score (nSPS) is 10.3. The first-order chi connectivity index (χ1) is 12.3. The van der Waals surface area contributed by atoms with Gasteiger partial charge in [-0.2, -0.15) is 0 Å². The van der Waals surface area contributed by atoms with E-state index in [1.807, 2.05) is 52.8 Å². The molecule has 0 aromatic carbocycles. The third-order valence-electron chi connectivity index (χ3n) is 3.43. The van der Waals surface area contributed by atoms with E-state index in [2.05, 4.69) is 15.3 Å². The maximum absolute atomic E-state index is 11.6. The fourth-order valence-corrected chi connectivity index (χ4v) is 2.26. The molecule has 0 fully saturated rings. The van der Waals surface area contributed by atoms with Crippen LogP contribution in [0.3, 0.4) is 0 Å². The minimum Gasteiger partial charge on any atom is -0.311 e. The van der Waals surface area contributed by atoms with E-state index in [-0.39, 0.29) is 11.7 Å². The molecule has 0 saturated carbocycles. The molecule has 1 amide bonds. The molecular formula is C21H29N3O2. The molecule has 140 valence electrons. The molecule has 0 aliphatic rings. The van der Waals surface area contributed by atoms with Crippen LogP contribution in [0.5, 0.6) is 0 Å². The average Bonchev–Trinajstić information content (AvgIpc) is 2.55. The topological polar surface area (TPSA) is 72.0 Å². The van der Waals surface area contributed by atoms with Gasteiger partial charge in [0.1, 0.15) is 5.82 Å². The van der Waals surface area contributed by atoms with Gasteiger partial charge in [0.15, 0.2) is 5.78 Å². The molecule has 2 aromatic heterocycles. The van der Waals surface area contributed by atoms with Crippen LogP contribution in [0.2, 0.25) is 0 Å². The summed E-state index contributed by atoms with van der Waals surface area (Å²) in [5.74, 6) is 1.62. The van der Waals surface area contributed by atoms with Crippen molar-refractivity contribution in [1.29, 1.82) is 0 Å². The highest BCUT2D eigenvalue weighted by Crippen LogP contribution is 2.11. The van der Waals surface area contributed by atoms with Crippen molar-refractivity contribution >= 4 is 17.5 Å². The second-order valence-corrected chi connectivity index (χ2v) is 7.02. The Morgan fingerprint density at radius 1 is 0.923 bits per heavy atom. The standard InChI is InChI=1S/C11H15NO.C10H14N2O/c1-8(2)7-11(13)10-5-4-6-12-9(10)3;1-8(2)7-10(13)12-9-5-3-4-6-11-9/h4-6,8H,7H2,1-3H3;3-6,8H,7H2,1-2H3,(H,11,12,13). The van der Waals surface area contributed by atoms with Crippen LogP contribution in [-0.4, -0.2) is 21.7 Å². The number of Topliss-reactive ketones (excluding diaryl/α,β-unsaturated/α-hetero) is 1. The minimum atomic E-state index is 0.0219. The molecule has 2 heterocycles. The number of nitrogens with one attached hydrogen (secondary N) is 1. The summed E-state index contributed by atoms with van der Waals surface area (Å²) in [7, 11) is 0. The second-order valence-electron chi connectivity index (χ2n) is 7.02. The largest absolute Gasteiger partial charge is 0.311 e. The number of anilines is 1. The van der Waals surface area contributed by atoms with Crippen molar-refractivity contribution in [2.24, 2.45) is 11.8 Å². The first-order valence-electron chi connectivity index (χ1n) is 8.95. The minimum absolute atomic E-state index is 0.0219. The van der Waals surface area contributed by atoms with Gasteiger partial charge in [-0.15, -0.1) is 0 Å². The van der Waals surface area contributed by atoms with Gasteiger partial charge in [0.05, 0.1) is 0 Å². The predicted octanol–water partition coefficient (Wildman–Crippen LogP) is 4.69. The first-order valence-corrected chi connectivity index (χ1v) is 8.95. The number of nitrogens with zero attached hydrogens (tertiary/aromatic N) is 2. The Kier molecular flexibility index (Phi) is 9.20. The van der Waals surface area contributed by atoms with Crippen molar-refractivity contribution < 1.29 is 9.59 Å². The molecule has 0 aliphatic carbocycles. The maximum Gasteiger partial charge on any atom is 0.225 e. The van der Waals surface area contributed by atoms with Crippen LogP contribution >= 0.6 is 0 Å². The van der Waals surface area contributed by atoms with E-state index in [0.29, 0.717) is 30.5 Å². The lowest BCUT2D eigenvalue weighted by Crippen LogP contribution is -2.14. The van der Waals surface area contributed by atoms with E-state index < -0.39 is 0 Å². The molecule has 0 saturated heterocycles. The molecule has 5 nitrogen and oxygen atoms in total. The number of ketones is 1. The summed E-state index contributed by atoms with van der Waals surface area (Å²) in [5, 5.41) is 2.72. The molecule has 0 aliphatic heterocycles. The highest BCUT2D eigenvalue weighted by molar-refractivity contribution is 5.97. The summed E-state index contributed by atoms with van der Waals surface area (Å²) >= 11 is 0. The van der Waals surface area contributed by atoms with Gasteiger partial charge in [-0.1, -0.05) is 33.8 Å². The number of amides is 1. The number of aromatic nitrogens is 2. The van der Waals surface area contributed by atoms with Gasteiger partial charge in [-0.05, 0) is 43.0 Å². The third kappa shape index (κ3) is 8.51. The fraction of sp³-hybridized carbons (Fsp3) is 0.429. The Balaban J connectivity index is 0.000000260. The molecule has 0 radical (unpaired) electrons. The SMILES string of the molecule is CC(C)CC(=O)Nc1ccccn1.Cc1ncccc1C(=O)CC(C)C. The monoisotopic (exact) mass is 355 g/mol. The number of carbonyl (C=O) groups excluding carboxylic acids is 2. The number of rotatable bonds is 6. The number of hydrogen-bond donors (Lipinski definition) is 1. The van der Waals surface area contributed by atoms with Crippen molar-refractivity contribution in [3.63, 3.8) is 0 Å². The Hall–Kier alpha value is -2.56. The Bertz CT molecular complexity index is 697. The molecule has 5 heteroatoms. The number of carbonyl (C=O) groups is 2. The van der Waals surface area contributed by atoms with Gasteiger partial charge in [-0.3, -0.25) is 14.6 Å². The quantitative estimate of drug-likeness (QED) is 0.763. The zero-order valence-corrected chi connectivity index (χ0v) is 16.3. The van der Waals surface area contributed by atoms with Gasteiger partial charge in [0, 0.05) is 36.5 Å². The Labute approximate surface area is 156 Å². The summed E-state index contributed by atoms with van der Waals surface area (Å²) in [6.45, 7) is 9.98. The van der Waals surface area contributed by atoms with Crippen LogP contribution in [0.4, 0.5) is 5.82 Å². The van der Waals surface area contributed by atoms with Gasteiger partial charge < -0.3 is 5.32 Å². The number of pyridine rings is 2. The Morgan fingerprint density at radius 2 is 1.58 bits per heavy atom. The van der Waals surface area contributed by atoms with Crippen molar-refractivity contribution in [2.75, 3.05) is 5.32 Å². The highest BCUT2D eigenvalue weighted by atomic mass is 16.1. The lowest BCUT2D eigenvalue weighted by Gasteiger charge is -2.05. The molecule has 0 atom stereocenters. The number of aryl methyl sites for hydroxylation is 1. The summed E-state index contributed by atoms with van der Waals surface area (Å²) < 4.78 is 0. The van der Waals surface area contributed by atoms with Crippen molar-refractivity contribution in [3.05, 3.63) is 54.0 Å². The molecule has 0 spiro atoms. The highest BCUT2D eigenvalue weighted by Gasteiger charge is 2.10. The molecule has 0 unspecified atom stereocenters. The molecular weight excluding hydrogens is 326 g/mol. The van der Waals surface area contributed by atoms with Crippen LogP contribution in [0, 0.1) is 18.8 Å². The summed E-state index contributed by atoms with van der Waals surface area (Å²) in [4.78, 5) is 31.0. The summed E-state index contributed by atoms with van der Waals surface area (Å²) in [5.41, 5.74) is 1.59. The van der Waals surface area contributed by atoms with Gasteiger partial charge in [0.25, 0.3) is 0 Å². The van der Waals surface area contributed by atoms with Crippen LogP contribution in [0.1, 0.15) is 56.6 Å². The molecule has 1 N–H and O–H groups in total. The second kappa shape index (κ2) is 11.1. The summed E-state index contributed by atoms with van der Waals surface area (Å²) in [6, 6.07) is 9.09. The van der Waals surface area contributed by atoms with Gasteiger partial charge >= 0.3 is 0 Å². The van der Waals surface area contributed by atoms with Crippen molar-refractivity contribution in [2.45, 2.75) is 47.5 Å². The maximum atomic E-state index is 11.6. The van der Waals surface area contributed by atoms with E-state index in [9.17, 15) is 9.59 Å². The summed E-state index contributed by atoms with van der Waals surface area (Å²) in [6.07, 6.45) is 4.51. The van der Waals surface area contributed by atoms with Gasteiger partial charge in [0.2, 0.25) is 5.91 Å². The van der Waals surface area contributed by atoms with Crippen molar-refractivity contribution in [1.82, 2.24) is 9.97 Å². The zero-order valence-electron chi connectivity index (χ0n) is 16.3. The van der Waals surface area contributed by atoms with E-state index in [0.717, 1.165) is 11.3 Å². The lowest BCUT2D eigenvalue weighted by atomic mass is 10.0. The number of hydrogen-bond acceptors (Lipinski definition) is 4. The predicted molar refractivity (Wildman–Crippen MR) is 105 cm³/mol. The molecule has 0 bridgehead atoms. The van der Waals surface area contributed by atoms with Crippen LogP contribution in [0.15, 0.2) is 42.7 Å². The van der Waals surface area contributed by atoms with E-state index in [1.54, 1.807) is 24.5 Å².